The Morgan fingerprint density at radius 2 is 1.78 bits per heavy atom. The average molecular weight is 452 g/mol. The van der Waals surface area contributed by atoms with Crippen LogP contribution < -0.4 is 10.6 Å². The molecular formula is C23H22FN5O2S. The van der Waals surface area contributed by atoms with Gasteiger partial charge in [0.1, 0.15) is 5.82 Å². The first-order valence-corrected chi connectivity index (χ1v) is 11.2. The molecule has 0 fully saturated rings. The molecule has 2 aromatic carbocycles. The molecule has 2 N–H and O–H groups in total. The number of amides is 2. The number of hydrogen-bond donors (Lipinski definition) is 2. The Morgan fingerprint density at radius 1 is 1.00 bits per heavy atom. The van der Waals surface area contributed by atoms with Crippen LogP contribution in [0.5, 0.6) is 0 Å². The Morgan fingerprint density at radius 3 is 2.56 bits per heavy atom. The summed E-state index contributed by atoms with van der Waals surface area (Å²) in [4.78, 5) is 29.2. The van der Waals surface area contributed by atoms with Gasteiger partial charge in [-0.25, -0.2) is 8.91 Å². The summed E-state index contributed by atoms with van der Waals surface area (Å²) in [5, 5.41) is 11.9. The van der Waals surface area contributed by atoms with Crippen molar-refractivity contribution in [1.29, 1.82) is 0 Å². The number of benzene rings is 2. The standard InChI is InChI=1S/C23H22FN5O2S/c24-18-12-10-16(11-13-18)19-15-32-23-27-22(28-29(19)23)26-20(30)9-5-2-6-14-25-21(31)17-7-3-1-4-8-17/h1,3-4,7-8,10-13,15H,2,5-6,9,14H2,(H,25,31)(H,26,28,30). The van der Waals surface area contributed by atoms with E-state index in [4.69, 9.17) is 0 Å². The molecule has 0 atom stereocenters. The first-order valence-electron chi connectivity index (χ1n) is 10.3. The van der Waals surface area contributed by atoms with Crippen LogP contribution >= 0.6 is 11.3 Å². The van der Waals surface area contributed by atoms with Gasteiger partial charge in [-0.2, -0.15) is 4.98 Å². The van der Waals surface area contributed by atoms with Gasteiger partial charge in [-0.05, 0) is 49.2 Å². The quantitative estimate of drug-likeness (QED) is 0.366. The van der Waals surface area contributed by atoms with Gasteiger partial charge in [0, 0.05) is 29.5 Å². The third-order valence-electron chi connectivity index (χ3n) is 4.87. The van der Waals surface area contributed by atoms with Crippen molar-refractivity contribution in [3.8, 4) is 11.3 Å². The lowest BCUT2D eigenvalue weighted by molar-refractivity contribution is -0.116. The molecule has 0 spiro atoms. The highest BCUT2D eigenvalue weighted by molar-refractivity contribution is 7.15. The Hall–Kier alpha value is -3.59. The highest BCUT2D eigenvalue weighted by atomic mass is 32.1. The van der Waals surface area contributed by atoms with Crippen molar-refractivity contribution in [1.82, 2.24) is 19.9 Å². The minimum atomic E-state index is -0.301. The maximum atomic E-state index is 13.2. The van der Waals surface area contributed by atoms with E-state index in [1.165, 1.54) is 23.5 Å². The minimum absolute atomic E-state index is 0.0887. The molecular weight excluding hydrogens is 429 g/mol. The van der Waals surface area contributed by atoms with Crippen molar-refractivity contribution in [2.45, 2.75) is 25.7 Å². The normalized spacial score (nSPS) is 10.9. The highest BCUT2D eigenvalue weighted by Gasteiger charge is 2.13. The first kappa shape index (κ1) is 21.6. The molecule has 0 unspecified atom stereocenters. The second-order valence-electron chi connectivity index (χ2n) is 7.24. The fraction of sp³-hybridized carbons (Fsp3) is 0.217. The van der Waals surface area contributed by atoms with E-state index >= 15 is 0 Å². The zero-order valence-corrected chi connectivity index (χ0v) is 18.1. The van der Waals surface area contributed by atoms with E-state index in [-0.39, 0.29) is 23.6 Å². The van der Waals surface area contributed by atoms with Gasteiger partial charge in [0.2, 0.25) is 16.8 Å². The van der Waals surface area contributed by atoms with E-state index in [2.05, 4.69) is 20.7 Å². The topological polar surface area (TPSA) is 88.4 Å². The second-order valence-corrected chi connectivity index (χ2v) is 8.07. The Labute approximate surface area is 188 Å². The average Bonchev–Trinajstić information content (AvgIpc) is 3.37. The number of nitrogens with one attached hydrogen (secondary N) is 2. The van der Waals surface area contributed by atoms with Crippen LogP contribution in [0.25, 0.3) is 16.2 Å². The van der Waals surface area contributed by atoms with Gasteiger partial charge in [0.25, 0.3) is 5.91 Å². The van der Waals surface area contributed by atoms with Gasteiger partial charge < -0.3 is 5.32 Å². The van der Waals surface area contributed by atoms with Gasteiger partial charge in [0.15, 0.2) is 0 Å². The molecule has 0 aliphatic rings. The number of halogens is 1. The summed E-state index contributed by atoms with van der Waals surface area (Å²) in [6, 6.07) is 15.2. The number of anilines is 1. The third-order valence-corrected chi connectivity index (χ3v) is 5.69. The van der Waals surface area contributed by atoms with E-state index in [1.807, 2.05) is 23.6 Å². The van der Waals surface area contributed by atoms with Crippen molar-refractivity contribution in [2.24, 2.45) is 0 Å². The monoisotopic (exact) mass is 451 g/mol. The van der Waals surface area contributed by atoms with Gasteiger partial charge in [-0.3, -0.25) is 14.9 Å². The maximum Gasteiger partial charge on any atom is 0.251 e. The molecule has 32 heavy (non-hydrogen) atoms. The molecule has 9 heteroatoms. The van der Waals surface area contributed by atoms with Gasteiger partial charge in [-0.1, -0.05) is 24.6 Å². The Bertz CT molecular complexity index is 1200. The van der Waals surface area contributed by atoms with Crippen LogP contribution in [-0.4, -0.2) is 33.0 Å². The summed E-state index contributed by atoms with van der Waals surface area (Å²) in [6.45, 7) is 0.570. The maximum absolute atomic E-state index is 13.2. The third kappa shape index (κ3) is 5.36. The summed E-state index contributed by atoms with van der Waals surface area (Å²) in [5.74, 6) is -0.292. The van der Waals surface area contributed by atoms with Crippen LogP contribution in [-0.2, 0) is 4.79 Å². The van der Waals surface area contributed by atoms with Crippen LogP contribution in [0.4, 0.5) is 10.3 Å². The lowest BCUT2D eigenvalue weighted by atomic mass is 10.1. The molecule has 164 valence electrons. The van der Waals surface area contributed by atoms with E-state index < -0.39 is 0 Å². The predicted molar refractivity (Wildman–Crippen MR) is 122 cm³/mol. The SMILES string of the molecule is O=C(CCCCCNC(=O)c1ccccc1)Nc1nc2scc(-c3ccc(F)cc3)n2n1. The van der Waals surface area contributed by atoms with Crippen molar-refractivity contribution >= 4 is 34.1 Å². The Balaban J connectivity index is 1.21. The van der Waals surface area contributed by atoms with E-state index in [9.17, 15) is 14.0 Å². The van der Waals surface area contributed by atoms with E-state index in [0.29, 0.717) is 29.9 Å². The lowest BCUT2D eigenvalue weighted by Crippen LogP contribution is -2.24. The Kier molecular flexibility index (Phi) is 6.86. The number of carbonyl (C=O) groups is 2. The number of hydrogen-bond acceptors (Lipinski definition) is 5. The summed E-state index contributed by atoms with van der Waals surface area (Å²) >= 11 is 1.40. The number of thiazole rings is 1. The molecule has 2 heterocycles. The fourth-order valence-corrected chi connectivity index (χ4v) is 4.05. The van der Waals surface area contributed by atoms with Crippen molar-refractivity contribution in [3.05, 3.63) is 71.4 Å². The van der Waals surface area contributed by atoms with Crippen molar-refractivity contribution in [3.63, 3.8) is 0 Å². The summed E-state index contributed by atoms with van der Waals surface area (Å²) < 4.78 is 14.8. The van der Waals surface area contributed by atoms with Crippen LogP contribution in [0, 0.1) is 5.82 Å². The van der Waals surface area contributed by atoms with Gasteiger partial charge in [-0.15, -0.1) is 16.4 Å². The van der Waals surface area contributed by atoms with Crippen molar-refractivity contribution in [2.75, 3.05) is 11.9 Å². The molecule has 0 bridgehead atoms. The molecule has 0 aliphatic heterocycles. The largest absolute Gasteiger partial charge is 0.352 e. The molecule has 0 aliphatic carbocycles. The number of aromatic nitrogens is 3. The number of carbonyl (C=O) groups excluding carboxylic acids is 2. The number of unbranched alkanes of at least 4 members (excludes halogenated alkanes) is 2. The van der Waals surface area contributed by atoms with Gasteiger partial charge in [0.05, 0.1) is 5.69 Å². The predicted octanol–water partition coefficient (Wildman–Crippen LogP) is 4.53. The van der Waals surface area contributed by atoms with Gasteiger partial charge >= 0.3 is 0 Å². The van der Waals surface area contributed by atoms with E-state index in [0.717, 1.165) is 24.1 Å². The van der Waals surface area contributed by atoms with Crippen LogP contribution in [0.1, 0.15) is 36.0 Å². The molecule has 0 radical (unpaired) electrons. The van der Waals surface area contributed by atoms with Crippen LogP contribution in [0.15, 0.2) is 60.0 Å². The van der Waals surface area contributed by atoms with Crippen molar-refractivity contribution < 1.29 is 14.0 Å². The van der Waals surface area contributed by atoms with Crippen LogP contribution in [0.2, 0.25) is 0 Å². The molecule has 7 nitrogen and oxygen atoms in total. The zero-order valence-electron chi connectivity index (χ0n) is 17.3. The molecule has 2 aromatic heterocycles. The second kappa shape index (κ2) is 10.1. The number of nitrogens with zero attached hydrogens (tertiary/aromatic N) is 3. The van der Waals surface area contributed by atoms with Crippen LogP contribution in [0.3, 0.4) is 0 Å². The molecule has 2 amide bonds. The highest BCUT2D eigenvalue weighted by Crippen LogP contribution is 2.26. The van der Waals surface area contributed by atoms with E-state index in [1.54, 1.807) is 28.8 Å². The lowest BCUT2D eigenvalue weighted by Gasteiger charge is -2.05. The molecule has 0 saturated heterocycles. The fourth-order valence-electron chi connectivity index (χ4n) is 3.22. The number of fused-ring (bicyclic) bond motifs is 1. The summed E-state index contributed by atoms with van der Waals surface area (Å²) in [5.41, 5.74) is 2.25. The molecule has 4 rings (SSSR count). The summed E-state index contributed by atoms with van der Waals surface area (Å²) in [7, 11) is 0. The molecule has 0 saturated carbocycles. The minimum Gasteiger partial charge on any atom is -0.352 e. The zero-order chi connectivity index (χ0) is 22.3. The molecule has 4 aromatic rings. The smallest absolute Gasteiger partial charge is 0.251 e. The first-order chi connectivity index (χ1) is 15.6. The summed E-state index contributed by atoms with van der Waals surface area (Å²) in [6.07, 6.45) is 2.68. The number of rotatable bonds is 9.